The van der Waals surface area contributed by atoms with E-state index < -0.39 is 29.9 Å². The first kappa shape index (κ1) is 14.8. The third-order valence-electron chi connectivity index (χ3n) is 1.79. The van der Waals surface area contributed by atoms with Crippen LogP contribution >= 0.6 is 15.9 Å². The van der Waals surface area contributed by atoms with E-state index in [0.717, 1.165) is 6.07 Å². The Bertz CT molecular complexity index is 449. The quantitative estimate of drug-likeness (QED) is 0.480. The van der Waals surface area contributed by atoms with E-state index in [-0.39, 0.29) is 17.2 Å². The van der Waals surface area contributed by atoms with Gasteiger partial charge in [0.25, 0.3) is 6.43 Å². The molecule has 1 rings (SSSR count). The van der Waals surface area contributed by atoms with Gasteiger partial charge in [-0.25, -0.2) is 13.8 Å². The minimum absolute atomic E-state index is 0.0703. The van der Waals surface area contributed by atoms with Crippen LogP contribution in [-0.2, 0) is 5.33 Å². The van der Waals surface area contributed by atoms with E-state index in [9.17, 15) is 26.7 Å². The summed E-state index contributed by atoms with van der Waals surface area (Å²) in [5.74, 6) is -0.876. The molecule has 3 nitrogen and oxygen atoms in total. The molecule has 0 saturated heterocycles. The largest absolute Gasteiger partial charge is 0.573 e. The van der Waals surface area contributed by atoms with Crippen LogP contribution < -0.4 is 4.74 Å². The smallest absolute Gasteiger partial charge is 0.403 e. The Balaban J connectivity index is 3.35. The number of aldehydes is 1. The molecule has 100 valence electrons. The zero-order chi connectivity index (χ0) is 13.9. The molecular weight excluding hydrogens is 329 g/mol. The lowest BCUT2D eigenvalue weighted by molar-refractivity contribution is -0.275. The van der Waals surface area contributed by atoms with Gasteiger partial charge in [0.2, 0.25) is 0 Å². The Morgan fingerprint density at radius 2 is 2.06 bits per heavy atom. The molecule has 0 saturated carbocycles. The van der Waals surface area contributed by atoms with Crippen molar-refractivity contribution in [3.8, 4) is 5.75 Å². The Kier molecular flexibility index (Phi) is 4.60. The number of hydrogen-bond acceptors (Lipinski definition) is 3. The van der Waals surface area contributed by atoms with Crippen molar-refractivity contribution in [3.05, 3.63) is 23.0 Å². The van der Waals surface area contributed by atoms with E-state index in [2.05, 4.69) is 25.7 Å². The second-order valence-electron chi connectivity index (χ2n) is 3.02. The lowest BCUT2D eigenvalue weighted by Crippen LogP contribution is -2.20. The highest BCUT2D eigenvalue weighted by atomic mass is 79.9. The monoisotopic (exact) mass is 333 g/mol. The van der Waals surface area contributed by atoms with Gasteiger partial charge in [-0.05, 0) is 6.07 Å². The van der Waals surface area contributed by atoms with Gasteiger partial charge in [-0.3, -0.25) is 4.79 Å². The summed E-state index contributed by atoms with van der Waals surface area (Å²) >= 11 is 2.83. The number of pyridine rings is 1. The number of aromatic nitrogens is 1. The van der Waals surface area contributed by atoms with Gasteiger partial charge in [-0.15, -0.1) is 13.2 Å². The predicted octanol–water partition coefficient (Wildman–Crippen LogP) is 3.63. The van der Waals surface area contributed by atoms with Crippen LogP contribution in [0.25, 0.3) is 0 Å². The van der Waals surface area contributed by atoms with Crippen LogP contribution in [0.3, 0.4) is 0 Å². The van der Waals surface area contributed by atoms with Gasteiger partial charge in [-0.2, -0.15) is 0 Å². The second-order valence-corrected chi connectivity index (χ2v) is 3.58. The molecule has 0 N–H and O–H groups in total. The lowest BCUT2D eigenvalue weighted by atomic mass is 10.2. The van der Waals surface area contributed by atoms with Crippen molar-refractivity contribution in [1.82, 2.24) is 4.98 Å². The molecule has 1 aromatic heterocycles. The van der Waals surface area contributed by atoms with Crippen molar-refractivity contribution in [2.45, 2.75) is 18.1 Å². The third kappa shape index (κ3) is 3.62. The number of alkyl halides is 6. The van der Waals surface area contributed by atoms with Crippen LogP contribution in [0.2, 0.25) is 0 Å². The molecule has 0 aromatic carbocycles. The highest BCUT2D eigenvalue weighted by molar-refractivity contribution is 9.08. The number of halogens is 6. The lowest BCUT2D eigenvalue weighted by Gasteiger charge is -2.14. The van der Waals surface area contributed by atoms with Crippen LogP contribution in [-0.4, -0.2) is 17.6 Å². The summed E-state index contributed by atoms with van der Waals surface area (Å²) in [6, 6.07) is 0.744. The number of carbonyl (C=O) groups excluding carboxylic acids is 1. The van der Waals surface area contributed by atoms with Gasteiger partial charge in [0, 0.05) is 10.9 Å². The van der Waals surface area contributed by atoms with Crippen molar-refractivity contribution in [2.75, 3.05) is 0 Å². The summed E-state index contributed by atoms with van der Waals surface area (Å²) in [6.45, 7) is 0. The Hall–Kier alpha value is -1.25. The van der Waals surface area contributed by atoms with Crippen molar-refractivity contribution >= 4 is 22.2 Å². The Morgan fingerprint density at radius 1 is 1.44 bits per heavy atom. The summed E-state index contributed by atoms with van der Waals surface area (Å²) in [6.07, 6.45) is -8.11. The zero-order valence-corrected chi connectivity index (χ0v) is 10.1. The van der Waals surface area contributed by atoms with E-state index in [4.69, 9.17) is 0 Å². The van der Waals surface area contributed by atoms with Gasteiger partial charge in [0.15, 0.2) is 12.0 Å². The number of rotatable bonds is 4. The van der Waals surface area contributed by atoms with Crippen molar-refractivity contribution in [3.63, 3.8) is 0 Å². The molecule has 0 aliphatic heterocycles. The molecule has 18 heavy (non-hydrogen) atoms. The fourth-order valence-corrected chi connectivity index (χ4v) is 1.57. The van der Waals surface area contributed by atoms with Gasteiger partial charge in [-0.1, -0.05) is 15.9 Å². The zero-order valence-electron chi connectivity index (χ0n) is 8.47. The summed E-state index contributed by atoms with van der Waals surface area (Å²) in [5.41, 5.74) is -1.85. The predicted molar refractivity (Wildman–Crippen MR) is 53.9 cm³/mol. The highest BCUT2D eigenvalue weighted by Gasteiger charge is 2.34. The van der Waals surface area contributed by atoms with Gasteiger partial charge >= 0.3 is 6.36 Å². The first-order valence-corrected chi connectivity index (χ1v) is 5.49. The van der Waals surface area contributed by atoms with Crippen molar-refractivity contribution < 1.29 is 31.5 Å². The Morgan fingerprint density at radius 3 is 2.44 bits per heavy atom. The fourth-order valence-electron chi connectivity index (χ4n) is 1.16. The summed E-state index contributed by atoms with van der Waals surface area (Å²) < 4.78 is 64.7. The molecule has 0 radical (unpaired) electrons. The summed E-state index contributed by atoms with van der Waals surface area (Å²) in [5, 5.41) is -0.193. The maximum Gasteiger partial charge on any atom is 0.573 e. The van der Waals surface area contributed by atoms with E-state index in [1.807, 2.05) is 0 Å². The van der Waals surface area contributed by atoms with Crippen molar-refractivity contribution in [1.29, 1.82) is 0 Å². The molecule has 0 aliphatic rings. The number of nitrogens with zero attached hydrogens (tertiary/aromatic N) is 1. The molecule has 1 heterocycles. The highest BCUT2D eigenvalue weighted by Crippen LogP contribution is 2.32. The minimum Gasteiger partial charge on any atom is -0.403 e. The molecule has 0 spiro atoms. The average molecular weight is 334 g/mol. The molecule has 0 atom stereocenters. The van der Waals surface area contributed by atoms with Crippen LogP contribution in [0, 0.1) is 0 Å². The van der Waals surface area contributed by atoms with Crippen LogP contribution in [0.1, 0.15) is 28.2 Å². The number of hydrogen-bond donors (Lipinski definition) is 0. The standard InChI is InChI=1S/C9H5BrF5NO2/c10-2-4-1-5(8(11)12)16-6(3-17)7(4)18-9(13,14)15/h1,3,8H,2H2. The topological polar surface area (TPSA) is 39.2 Å². The van der Waals surface area contributed by atoms with Crippen LogP contribution in [0.5, 0.6) is 5.75 Å². The van der Waals surface area contributed by atoms with Crippen LogP contribution in [0.15, 0.2) is 6.07 Å². The molecule has 0 unspecified atom stereocenters. The summed E-state index contributed by atoms with van der Waals surface area (Å²) in [7, 11) is 0. The minimum atomic E-state index is -5.04. The molecule has 1 aromatic rings. The number of carbonyl (C=O) groups is 1. The first-order valence-electron chi connectivity index (χ1n) is 4.37. The third-order valence-corrected chi connectivity index (χ3v) is 2.40. The molecule has 0 bridgehead atoms. The van der Waals surface area contributed by atoms with E-state index in [0.29, 0.717) is 0 Å². The van der Waals surface area contributed by atoms with E-state index in [1.54, 1.807) is 0 Å². The molecule has 0 amide bonds. The normalized spacial score (nSPS) is 11.7. The van der Waals surface area contributed by atoms with Crippen molar-refractivity contribution in [2.24, 2.45) is 0 Å². The molecular formula is C9H5BrF5NO2. The maximum atomic E-state index is 12.4. The second kappa shape index (κ2) is 5.59. The van der Waals surface area contributed by atoms with Gasteiger partial charge < -0.3 is 4.74 Å². The SMILES string of the molecule is O=Cc1nc(C(F)F)cc(CBr)c1OC(F)(F)F. The van der Waals surface area contributed by atoms with E-state index >= 15 is 0 Å². The van der Waals surface area contributed by atoms with Gasteiger partial charge in [0.1, 0.15) is 11.4 Å². The molecule has 0 aliphatic carbocycles. The molecule has 9 heteroatoms. The van der Waals surface area contributed by atoms with E-state index in [1.165, 1.54) is 0 Å². The first-order chi connectivity index (χ1) is 8.28. The number of ether oxygens (including phenoxy) is 1. The average Bonchev–Trinajstić information content (AvgIpc) is 2.26. The Labute approximate surface area is 106 Å². The van der Waals surface area contributed by atoms with Gasteiger partial charge in [0.05, 0.1) is 0 Å². The summed E-state index contributed by atoms with van der Waals surface area (Å²) in [4.78, 5) is 13.7. The maximum absolute atomic E-state index is 12.4. The molecule has 0 fully saturated rings. The fraction of sp³-hybridized carbons (Fsp3) is 0.333. The van der Waals surface area contributed by atoms with Crippen LogP contribution in [0.4, 0.5) is 22.0 Å².